The number of carbonyl (C=O) groups excluding carboxylic acids is 2. The van der Waals surface area contributed by atoms with E-state index in [0.29, 0.717) is 35.1 Å². The molecule has 0 unspecified atom stereocenters. The first-order chi connectivity index (χ1) is 16.1. The number of benzene rings is 3. The summed E-state index contributed by atoms with van der Waals surface area (Å²) in [6.07, 6.45) is 0. The summed E-state index contributed by atoms with van der Waals surface area (Å²) in [5, 5.41) is 3.78. The molecule has 0 aliphatic heterocycles. The van der Waals surface area contributed by atoms with Crippen molar-refractivity contribution in [3.63, 3.8) is 0 Å². The van der Waals surface area contributed by atoms with Crippen LogP contribution in [0, 0.1) is 0 Å². The van der Waals surface area contributed by atoms with Crippen LogP contribution in [-0.4, -0.2) is 26.1 Å². The predicted molar refractivity (Wildman–Crippen MR) is 129 cm³/mol. The third kappa shape index (κ3) is 5.39. The number of hydrogen-bond acceptors (Lipinski definition) is 6. The van der Waals surface area contributed by atoms with Gasteiger partial charge in [0.25, 0.3) is 5.91 Å². The number of ether oxygens (including phenoxy) is 3. The molecule has 0 bridgehead atoms. The van der Waals surface area contributed by atoms with E-state index in [1.807, 2.05) is 48.5 Å². The van der Waals surface area contributed by atoms with Crippen molar-refractivity contribution in [1.82, 2.24) is 0 Å². The van der Waals surface area contributed by atoms with Crippen molar-refractivity contribution in [3.8, 4) is 5.75 Å². The molecular formula is C26H23NO5S. The highest BCUT2D eigenvalue weighted by atomic mass is 32.1. The first-order valence-electron chi connectivity index (χ1n) is 10.3. The van der Waals surface area contributed by atoms with E-state index in [1.54, 1.807) is 31.4 Å². The predicted octanol–water partition coefficient (Wildman–Crippen LogP) is 5.67. The number of nitrogens with one attached hydrogen (secondary N) is 1. The third-order valence-electron chi connectivity index (χ3n) is 5.07. The summed E-state index contributed by atoms with van der Waals surface area (Å²) in [7, 11) is 2.95. The van der Waals surface area contributed by atoms with Gasteiger partial charge in [-0.15, -0.1) is 11.3 Å². The lowest BCUT2D eigenvalue weighted by molar-refractivity contribution is 0.0606. The topological polar surface area (TPSA) is 73.9 Å². The van der Waals surface area contributed by atoms with Gasteiger partial charge in [-0.25, -0.2) is 4.79 Å². The quantitative estimate of drug-likeness (QED) is 0.343. The van der Waals surface area contributed by atoms with Crippen LogP contribution in [0.2, 0.25) is 0 Å². The maximum atomic E-state index is 12.9. The van der Waals surface area contributed by atoms with Crippen LogP contribution in [0.3, 0.4) is 0 Å². The van der Waals surface area contributed by atoms with Gasteiger partial charge >= 0.3 is 5.97 Å². The summed E-state index contributed by atoms with van der Waals surface area (Å²) in [4.78, 5) is 25.2. The molecule has 33 heavy (non-hydrogen) atoms. The first-order valence-corrected chi connectivity index (χ1v) is 11.1. The molecule has 7 heteroatoms. The molecule has 0 atom stereocenters. The molecule has 4 aromatic rings. The summed E-state index contributed by atoms with van der Waals surface area (Å²) < 4.78 is 17.0. The van der Waals surface area contributed by atoms with Crippen LogP contribution in [0.4, 0.5) is 5.69 Å². The van der Waals surface area contributed by atoms with Gasteiger partial charge in [0, 0.05) is 21.5 Å². The van der Waals surface area contributed by atoms with Crippen molar-refractivity contribution in [2.24, 2.45) is 0 Å². The molecule has 0 fully saturated rings. The fourth-order valence-corrected chi connectivity index (χ4v) is 4.37. The highest BCUT2D eigenvalue weighted by Gasteiger charge is 2.13. The fourth-order valence-electron chi connectivity index (χ4n) is 3.41. The van der Waals surface area contributed by atoms with Crippen LogP contribution < -0.4 is 10.1 Å². The van der Waals surface area contributed by atoms with Crippen molar-refractivity contribution in [2.45, 2.75) is 13.2 Å². The average molecular weight is 462 g/mol. The fraction of sp³-hybridized carbons (Fsp3) is 0.154. The van der Waals surface area contributed by atoms with E-state index in [2.05, 4.69) is 5.32 Å². The van der Waals surface area contributed by atoms with Gasteiger partial charge < -0.3 is 19.5 Å². The highest BCUT2D eigenvalue weighted by molar-refractivity contribution is 7.20. The molecule has 1 N–H and O–H groups in total. The average Bonchev–Trinajstić information content (AvgIpc) is 3.27. The number of methoxy groups -OCH3 is 2. The van der Waals surface area contributed by atoms with Gasteiger partial charge in [0.1, 0.15) is 10.6 Å². The number of rotatable bonds is 8. The van der Waals surface area contributed by atoms with E-state index >= 15 is 0 Å². The van der Waals surface area contributed by atoms with Crippen LogP contribution in [0.5, 0.6) is 5.75 Å². The molecule has 0 aliphatic carbocycles. The molecule has 168 valence electrons. The lowest BCUT2D eigenvalue weighted by Crippen LogP contribution is -2.12. The maximum Gasteiger partial charge on any atom is 0.348 e. The normalized spacial score (nSPS) is 10.7. The molecule has 0 saturated carbocycles. The Labute approximate surface area is 195 Å². The van der Waals surface area contributed by atoms with E-state index in [0.717, 1.165) is 21.2 Å². The summed E-state index contributed by atoms with van der Waals surface area (Å²) in [5.41, 5.74) is 3.00. The molecule has 0 radical (unpaired) electrons. The molecule has 0 spiro atoms. The molecule has 1 amide bonds. The van der Waals surface area contributed by atoms with Crippen LogP contribution in [0.1, 0.15) is 31.2 Å². The minimum absolute atomic E-state index is 0.246. The second-order valence-corrected chi connectivity index (χ2v) is 8.40. The Bertz CT molecular complexity index is 1280. The number of thiophene rings is 1. The first kappa shape index (κ1) is 22.5. The van der Waals surface area contributed by atoms with Crippen LogP contribution in [0.25, 0.3) is 10.1 Å². The van der Waals surface area contributed by atoms with Gasteiger partial charge in [-0.3, -0.25) is 4.79 Å². The van der Waals surface area contributed by atoms with Crippen LogP contribution in [-0.2, 0) is 22.7 Å². The van der Waals surface area contributed by atoms with Crippen LogP contribution in [0.15, 0.2) is 72.8 Å². The monoisotopic (exact) mass is 461 g/mol. The summed E-state index contributed by atoms with van der Waals surface area (Å²) in [5.74, 6) is 0.0430. The highest BCUT2D eigenvalue weighted by Crippen LogP contribution is 2.29. The number of hydrogen-bond donors (Lipinski definition) is 1. The number of carbonyl (C=O) groups is 2. The Hall–Kier alpha value is -3.68. The second kappa shape index (κ2) is 10.3. The molecule has 3 aromatic carbocycles. The number of fused-ring (bicyclic) bond motifs is 1. The number of esters is 1. The zero-order valence-corrected chi connectivity index (χ0v) is 19.1. The Kier molecular flexibility index (Phi) is 7.02. The molecule has 6 nitrogen and oxygen atoms in total. The Morgan fingerprint density at radius 3 is 2.48 bits per heavy atom. The summed E-state index contributed by atoms with van der Waals surface area (Å²) in [6.45, 7) is 0.783. The van der Waals surface area contributed by atoms with E-state index in [-0.39, 0.29) is 11.9 Å². The zero-order valence-electron chi connectivity index (χ0n) is 18.3. The summed E-state index contributed by atoms with van der Waals surface area (Å²) >= 11 is 1.35. The molecule has 0 aliphatic rings. The van der Waals surface area contributed by atoms with E-state index in [1.165, 1.54) is 18.4 Å². The van der Waals surface area contributed by atoms with Crippen molar-refractivity contribution < 1.29 is 23.8 Å². The minimum Gasteiger partial charge on any atom is -0.496 e. The zero-order chi connectivity index (χ0) is 23.2. The van der Waals surface area contributed by atoms with E-state index in [4.69, 9.17) is 14.2 Å². The Morgan fingerprint density at radius 2 is 1.73 bits per heavy atom. The van der Waals surface area contributed by atoms with Crippen molar-refractivity contribution >= 4 is 39.0 Å². The van der Waals surface area contributed by atoms with E-state index < -0.39 is 0 Å². The molecule has 1 aromatic heterocycles. The largest absolute Gasteiger partial charge is 0.496 e. The van der Waals surface area contributed by atoms with Crippen molar-refractivity contribution in [1.29, 1.82) is 0 Å². The maximum absolute atomic E-state index is 12.9. The van der Waals surface area contributed by atoms with Gasteiger partial charge in [-0.05, 0) is 53.4 Å². The van der Waals surface area contributed by atoms with Gasteiger partial charge in [0.05, 0.1) is 27.4 Å². The van der Waals surface area contributed by atoms with Crippen molar-refractivity contribution in [2.75, 3.05) is 19.5 Å². The van der Waals surface area contributed by atoms with E-state index in [9.17, 15) is 9.59 Å². The second-order valence-electron chi connectivity index (χ2n) is 7.31. The van der Waals surface area contributed by atoms with Crippen molar-refractivity contribution in [3.05, 3.63) is 94.4 Å². The number of anilines is 1. The minimum atomic E-state index is -0.373. The number of amides is 1. The molecule has 0 saturated heterocycles. The van der Waals surface area contributed by atoms with Crippen LogP contribution >= 0.6 is 11.3 Å². The van der Waals surface area contributed by atoms with Gasteiger partial charge in [0.15, 0.2) is 0 Å². The smallest absolute Gasteiger partial charge is 0.348 e. The lowest BCUT2D eigenvalue weighted by Gasteiger charge is -2.12. The van der Waals surface area contributed by atoms with Gasteiger partial charge in [-0.2, -0.15) is 0 Å². The SMILES string of the molecule is COC(=O)c1cc2cc(NC(=O)c3ccc(OC)c(COCc4ccccc4)c3)ccc2s1. The van der Waals surface area contributed by atoms with Gasteiger partial charge in [0.2, 0.25) is 0 Å². The Morgan fingerprint density at radius 1 is 0.909 bits per heavy atom. The molecule has 1 heterocycles. The summed E-state index contributed by atoms with van der Waals surface area (Å²) in [6, 6.07) is 22.4. The standard InChI is InChI=1S/C26H23NO5S/c1-30-22-10-8-18(12-20(22)16-32-15-17-6-4-3-5-7-17)25(28)27-21-9-11-23-19(13-21)14-24(33-23)26(29)31-2/h3-14H,15-16H2,1-2H3,(H,27,28). The molecule has 4 rings (SSSR count). The molecular weight excluding hydrogens is 438 g/mol. The van der Waals surface area contributed by atoms with Gasteiger partial charge in [-0.1, -0.05) is 30.3 Å². The Balaban J connectivity index is 1.47. The third-order valence-corrected chi connectivity index (χ3v) is 6.17. The lowest BCUT2D eigenvalue weighted by atomic mass is 10.1.